The summed E-state index contributed by atoms with van der Waals surface area (Å²) in [6.45, 7) is 0. The summed E-state index contributed by atoms with van der Waals surface area (Å²) in [7, 11) is -3.67. The monoisotopic (exact) mass is 226 g/mol. The van der Waals surface area contributed by atoms with Crippen molar-refractivity contribution in [3.63, 3.8) is 0 Å². The summed E-state index contributed by atoms with van der Waals surface area (Å²) < 4.78 is 50.0. The van der Waals surface area contributed by atoms with Crippen molar-refractivity contribution in [1.29, 1.82) is 0 Å². The van der Waals surface area contributed by atoms with Crippen molar-refractivity contribution < 1.29 is 26.9 Å². The Bertz CT molecular complexity index is 394. The number of phenols is 1. The zero-order chi connectivity index (χ0) is 11.4. The van der Waals surface area contributed by atoms with Crippen LogP contribution in [0.3, 0.4) is 0 Å². The number of aromatic hydroxyl groups is 1. The SMILES string of the molecule is CS(=O)(=O)O.Oc1ccc(F)cc1F. The molecule has 1 aromatic rings. The summed E-state index contributed by atoms with van der Waals surface area (Å²) in [4.78, 5) is 0. The molecule has 1 rings (SSSR count). The molecule has 0 aliphatic rings. The van der Waals surface area contributed by atoms with Crippen LogP contribution in [0.2, 0.25) is 0 Å². The quantitative estimate of drug-likeness (QED) is 0.651. The number of hydrogen-bond donors (Lipinski definition) is 2. The maximum absolute atomic E-state index is 12.1. The van der Waals surface area contributed by atoms with Crippen molar-refractivity contribution in [2.75, 3.05) is 6.26 Å². The van der Waals surface area contributed by atoms with Crippen molar-refractivity contribution in [3.8, 4) is 5.75 Å². The highest BCUT2D eigenvalue weighted by atomic mass is 32.2. The molecule has 0 saturated heterocycles. The third kappa shape index (κ3) is 7.44. The first-order chi connectivity index (χ1) is 6.20. The molecule has 14 heavy (non-hydrogen) atoms. The second kappa shape index (κ2) is 4.87. The minimum atomic E-state index is -3.67. The molecule has 1 aromatic carbocycles. The van der Waals surface area contributed by atoms with Gasteiger partial charge < -0.3 is 5.11 Å². The van der Waals surface area contributed by atoms with E-state index in [2.05, 4.69) is 0 Å². The molecule has 0 aliphatic heterocycles. The number of halogens is 2. The lowest BCUT2D eigenvalue weighted by Crippen LogP contribution is -1.88. The lowest BCUT2D eigenvalue weighted by Gasteiger charge is -1.91. The molecule has 0 spiro atoms. The zero-order valence-electron chi connectivity index (χ0n) is 7.11. The van der Waals surface area contributed by atoms with Gasteiger partial charge in [-0.25, -0.2) is 8.78 Å². The van der Waals surface area contributed by atoms with Gasteiger partial charge in [0.25, 0.3) is 10.1 Å². The zero-order valence-corrected chi connectivity index (χ0v) is 7.92. The van der Waals surface area contributed by atoms with E-state index in [1.165, 1.54) is 0 Å². The van der Waals surface area contributed by atoms with Gasteiger partial charge in [-0.2, -0.15) is 8.42 Å². The van der Waals surface area contributed by atoms with Gasteiger partial charge in [0.15, 0.2) is 11.6 Å². The summed E-state index contributed by atoms with van der Waals surface area (Å²) in [5, 5.41) is 8.50. The van der Waals surface area contributed by atoms with E-state index in [1.54, 1.807) is 0 Å². The molecular formula is C7H8F2O4S. The first-order valence-corrected chi connectivity index (χ1v) is 5.11. The predicted molar refractivity (Wildman–Crippen MR) is 45.5 cm³/mol. The highest BCUT2D eigenvalue weighted by Crippen LogP contribution is 2.14. The predicted octanol–water partition coefficient (Wildman–Crippen LogP) is 1.17. The Labute approximate surface area is 79.6 Å². The molecule has 7 heteroatoms. The standard InChI is InChI=1S/C6H4F2O.CH4O3S/c7-4-1-2-6(9)5(8)3-4;1-5(2,3)4/h1-3,9H;1H3,(H,2,3,4). The highest BCUT2D eigenvalue weighted by molar-refractivity contribution is 7.85. The van der Waals surface area contributed by atoms with Gasteiger partial charge in [0, 0.05) is 6.07 Å². The van der Waals surface area contributed by atoms with Gasteiger partial charge in [-0.1, -0.05) is 0 Å². The van der Waals surface area contributed by atoms with Gasteiger partial charge in [-0.15, -0.1) is 0 Å². The van der Waals surface area contributed by atoms with Crippen molar-refractivity contribution in [2.45, 2.75) is 0 Å². The van der Waals surface area contributed by atoms with Crippen LogP contribution < -0.4 is 0 Å². The second-order valence-electron chi connectivity index (χ2n) is 2.33. The molecule has 0 bridgehead atoms. The van der Waals surface area contributed by atoms with Crippen molar-refractivity contribution in [3.05, 3.63) is 29.8 Å². The van der Waals surface area contributed by atoms with Crippen LogP contribution in [-0.4, -0.2) is 24.3 Å². The second-order valence-corrected chi connectivity index (χ2v) is 3.79. The van der Waals surface area contributed by atoms with Crippen LogP contribution in [0.4, 0.5) is 8.78 Å². The smallest absolute Gasteiger partial charge is 0.261 e. The van der Waals surface area contributed by atoms with Crippen LogP contribution in [-0.2, 0) is 10.1 Å². The molecule has 0 fully saturated rings. The van der Waals surface area contributed by atoms with Gasteiger partial charge in [0.05, 0.1) is 6.26 Å². The number of rotatable bonds is 0. The lowest BCUT2D eigenvalue weighted by molar-refractivity contribution is 0.428. The number of hydrogen-bond acceptors (Lipinski definition) is 3. The van der Waals surface area contributed by atoms with E-state index < -0.39 is 27.5 Å². The summed E-state index contributed by atoms with van der Waals surface area (Å²) in [5.74, 6) is -2.16. The molecule has 4 nitrogen and oxygen atoms in total. The first-order valence-electron chi connectivity index (χ1n) is 3.26. The molecule has 0 radical (unpaired) electrons. The van der Waals surface area contributed by atoms with Gasteiger partial charge in [0.1, 0.15) is 5.82 Å². The fourth-order valence-electron chi connectivity index (χ4n) is 0.481. The molecule has 0 saturated carbocycles. The average molecular weight is 226 g/mol. The van der Waals surface area contributed by atoms with Crippen molar-refractivity contribution in [2.24, 2.45) is 0 Å². The molecule has 0 amide bonds. The highest BCUT2D eigenvalue weighted by Gasteiger charge is 1.98. The molecule has 0 heterocycles. The van der Waals surface area contributed by atoms with E-state index in [1.807, 2.05) is 0 Å². The summed E-state index contributed by atoms with van der Waals surface area (Å²) >= 11 is 0. The fraction of sp³-hybridized carbons (Fsp3) is 0.143. The Balaban J connectivity index is 0.000000292. The molecule has 0 aliphatic carbocycles. The number of phenolic OH excluding ortho intramolecular Hbond substituents is 1. The van der Waals surface area contributed by atoms with E-state index in [9.17, 15) is 17.2 Å². The normalized spacial score (nSPS) is 10.3. The maximum atomic E-state index is 12.1. The van der Waals surface area contributed by atoms with Gasteiger partial charge in [0.2, 0.25) is 0 Å². The first kappa shape index (κ1) is 12.8. The minimum absolute atomic E-state index is 0.531. The molecule has 0 atom stereocenters. The summed E-state index contributed by atoms with van der Waals surface area (Å²) in [5.41, 5.74) is 0. The van der Waals surface area contributed by atoms with E-state index in [0.717, 1.165) is 12.1 Å². The molecule has 2 N–H and O–H groups in total. The average Bonchev–Trinajstić information content (AvgIpc) is 1.94. The van der Waals surface area contributed by atoms with E-state index >= 15 is 0 Å². The van der Waals surface area contributed by atoms with Crippen LogP contribution >= 0.6 is 0 Å². The number of benzene rings is 1. The summed E-state index contributed by atoms with van der Waals surface area (Å²) in [6, 6.07) is 2.57. The van der Waals surface area contributed by atoms with Crippen LogP contribution in [0.15, 0.2) is 18.2 Å². The Kier molecular flexibility index (Phi) is 4.45. The van der Waals surface area contributed by atoms with Gasteiger partial charge in [-0.3, -0.25) is 4.55 Å². The Morgan fingerprint density at radius 2 is 1.71 bits per heavy atom. The Morgan fingerprint density at radius 1 is 1.29 bits per heavy atom. The molecular weight excluding hydrogens is 218 g/mol. The third-order valence-electron chi connectivity index (χ3n) is 0.910. The minimum Gasteiger partial charge on any atom is -0.505 e. The third-order valence-corrected chi connectivity index (χ3v) is 0.910. The summed E-state index contributed by atoms with van der Waals surface area (Å²) in [6.07, 6.45) is 0.715. The van der Waals surface area contributed by atoms with Crippen LogP contribution in [0.1, 0.15) is 0 Å². The van der Waals surface area contributed by atoms with Crippen LogP contribution in [0.5, 0.6) is 5.75 Å². The molecule has 0 unspecified atom stereocenters. The van der Waals surface area contributed by atoms with E-state index in [4.69, 9.17) is 9.66 Å². The van der Waals surface area contributed by atoms with Crippen LogP contribution in [0, 0.1) is 11.6 Å². The van der Waals surface area contributed by atoms with E-state index in [-0.39, 0.29) is 0 Å². The van der Waals surface area contributed by atoms with Crippen molar-refractivity contribution >= 4 is 10.1 Å². The largest absolute Gasteiger partial charge is 0.505 e. The van der Waals surface area contributed by atoms with Gasteiger partial charge in [-0.05, 0) is 12.1 Å². The maximum Gasteiger partial charge on any atom is 0.261 e. The molecule has 80 valence electrons. The molecule has 0 aromatic heterocycles. The Hall–Kier alpha value is -1.21. The Morgan fingerprint density at radius 3 is 2.00 bits per heavy atom. The van der Waals surface area contributed by atoms with Crippen LogP contribution in [0.25, 0.3) is 0 Å². The lowest BCUT2D eigenvalue weighted by atomic mass is 10.3. The fourth-order valence-corrected chi connectivity index (χ4v) is 0.481. The van der Waals surface area contributed by atoms with E-state index in [0.29, 0.717) is 12.3 Å². The van der Waals surface area contributed by atoms with Gasteiger partial charge >= 0.3 is 0 Å². The topological polar surface area (TPSA) is 74.6 Å². The van der Waals surface area contributed by atoms with Crippen molar-refractivity contribution in [1.82, 2.24) is 0 Å².